The molecule has 0 fully saturated rings. The first-order valence-corrected chi connectivity index (χ1v) is 11.2. The molecular formula is C26H27BFNO6. The molecule has 0 spiro atoms. The van der Waals surface area contributed by atoms with Crippen LogP contribution in [0, 0.1) is 11.7 Å². The molecular weight excluding hydrogens is 452 g/mol. The normalized spacial score (nSPS) is 17.8. The van der Waals surface area contributed by atoms with Crippen molar-refractivity contribution in [3.8, 4) is 11.5 Å². The molecule has 1 amide bonds. The minimum absolute atomic E-state index is 0.0822. The van der Waals surface area contributed by atoms with Crippen LogP contribution in [0.15, 0.2) is 53.1 Å². The first kappa shape index (κ1) is 24.6. The minimum Gasteiger partial charge on any atom is -0.497 e. The largest absolute Gasteiger partial charge is 0.497 e. The molecule has 2 atom stereocenters. The van der Waals surface area contributed by atoms with E-state index in [1.165, 1.54) is 26.4 Å². The van der Waals surface area contributed by atoms with Crippen molar-refractivity contribution in [2.45, 2.75) is 25.8 Å². The van der Waals surface area contributed by atoms with Crippen LogP contribution in [0.2, 0.25) is 0 Å². The molecule has 2 unspecified atom stereocenters. The maximum absolute atomic E-state index is 14.2. The number of nitrogens with one attached hydrogen (secondary N) is 1. The highest BCUT2D eigenvalue weighted by atomic mass is 19.1. The van der Waals surface area contributed by atoms with Gasteiger partial charge in [-0.2, -0.15) is 0 Å². The lowest BCUT2D eigenvalue weighted by Crippen LogP contribution is -2.32. The number of furan rings is 1. The van der Waals surface area contributed by atoms with Crippen molar-refractivity contribution in [2.75, 3.05) is 14.2 Å². The predicted octanol–water partition coefficient (Wildman–Crippen LogP) is 3.10. The number of allylic oxidation sites excluding steroid dienone is 1. The maximum Gasteiger partial charge on any atom is 0.496 e. The zero-order valence-electron chi connectivity index (χ0n) is 19.7. The van der Waals surface area contributed by atoms with E-state index in [9.17, 15) is 19.2 Å². The fraction of sp³-hybridized carbons (Fsp3) is 0.269. The van der Waals surface area contributed by atoms with Crippen LogP contribution in [0.4, 0.5) is 4.39 Å². The van der Waals surface area contributed by atoms with Crippen LogP contribution in [0.3, 0.4) is 0 Å². The Bertz CT molecular complexity index is 1220. The fourth-order valence-electron chi connectivity index (χ4n) is 4.68. The number of rotatable bonds is 8. The Morgan fingerprint density at radius 2 is 1.89 bits per heavy atom. The fourth-order valence-corrected chi connectivity index (χ4v) is 4.68. The van der Waals surface area contributed by atoms with E-state index in [1.54, 1.807) is 36.6 Å². The lowest BCUT2D eigenvalue weighted by molar-refractivity contribution is -0.121. The highest BCUT2D eigenvalue weighted by Gasteiger charge is 2.35. The Kier molecular flexibility index (Phi) is 7.28. The van der Waals surface area contributed by atoms with E-state index < -0.39 is 7.12 Å². The molecule has 0 aliphatic heterocycles. The van der Waals surface area contributed by atoms with Gasteiger partial charge in [0.1, 0.15) is 23.1 Å². The lowest BCUT2D eigenvalue weighted by Gasteiger charge is -2.18. The summed E-state index contributed by atoms with van der Waals surface area (Å²) in [5.41, 5.74) is 3.42. The maximum atomic E-state index is 14.2. The summed E-state index contributed by atoms with van der Waals surface area (Å²) in [5, 5.41) is 22.4. The molecule has 1 heterocycles. The van der Waals surface area contributed by atoms with Crippen LogP contribution >= 0.6 is 0 Å². The summed E-state index contributed by atoms with van der Waals surface area (Å²) in [6.07, 6.45) is 3.67. The Balaban J connectivity index is 1.67. The van der Waals surface area contributed by atoms with Gasteiger partial charge in [0.15, 0.2) is 0 Å². The molecule has 4 rings (SSSR count). The molecule has 0 bridgehead atoms. The third-order valence-corrected chi connectivity index (χ3v) is 6.41. The molecule has 1 aliphatic rings. The summed E-state index contributed by atoms with van der Waals surface area (Å²) in [6.45, 7) is 2.29. The Morgan fingerprint density at radius 1 is 1.17 bits per heavy atom. The highest BCUT2D eigenvalue weighted by molar-refractivity contribution is 6.61. The third-order valence-electron chi connectivity index (χ3n) is 6.41. The molecule has 3 N–H and O–H groups in total. The van der Waals surface area contributed by atoms with Gasteiger partial charge in [0.25, 0.3) is 0 Å². The average Bonchev–Trinajstić information content (AvgIpc) is 3.44. The second-order valence-electron chi connectivity index (χ2n) is 8.50. The highest BCUT2D eigenvalue weighted by Crippen LogP contribution is 2.48. The zero-order valence-corrected chi connectivity index (χ0v) is 19.7. The first-order valence-electron chi connectivity index (χ1n) is 11.2. The number of carbonyl (C=O) groups excluding carboxylic acids is 1. The molecule has 7 nitrogen and oxygen atoms in total. The third kappa shape index (κ3) is 5.11. The van der Waals surface area contributed by atoms with Crippen molar-refractivity contribution in [1.82, 2.24) is 5.32 Å². The molecule has 182 valence electrons. The van der Waals surface area contributed by atoms with Gasteiger partial charge in [-0.25, -0.2) is 4.39 Å². The number of hydrogen-bond acceptors (Lipinski definition) is 6. The minimum atomic E-state index is -1.76. The Morgan fingerprint density at radius 3 is 2.49 bits per heavy atom. The SMILES string of the molecule is COc1cc(/C=C2\c3ccc(F)cc3C(CC(=O)NCc3ccco3)C2C)cc(OC)c1B(O)O. The van der Waals surface area contributed by atoms with Gasteiger partial charge in [0.2, 0.25) is 5.91 Å². The molecule has 1 aromatic heterocycles. The van der Waals surface area contributed by atoms with Crippen molar-refractivity contribution in [1.29, 1.82) is 0 Å². The number of fused-ring (bicyclic) bond motifs is 1. The quantitative estimate of drug-likeness (QED) is 0.430. The monoisotopic (exact) mass is 479 g/mol. The van der Waals surface area contributed by atoms with Gasteiger partial charge >= 0.3 is 7.12 Å². The summed E-state index contributed by atoms with van der Waals surface area (Å²) in [6, 6.07) is 11.5. The summed E-state index contributed by atoms with van der Waals surface area (Å²) in [4.78, 5) is 12.7. The van der Waals surface area contributed by atoms with Gasteiger partial charge in [-0.1, -0.05) is 19.1 Å². The van der Waals surface area contributed by atoms with Crippen LogP contribution in [-0.4, -0.2) is 37.3 Å². The van der Waals surface area contributed by atoms with Gasteiger partial charge in [0.05, 0.1) is 32.5 Å². The van der Waals surface area contributed by atoms with Gasteiger partial charge in [-0.05, 0) is 70.5 Å². The summed E-state index contributed by atoms with van der Waals surface area (Å²) < 4.78 is 30.2. The second-order valence-corrected chi connectivity index (χ2v) is 8.50. The van der Waals surface area contributed by atoms with Gasteiger partial charge < -0.3 is 29.3 Å². The van der Waals surface area contributed by atoms with Crippen molar-refractivity contribution < 1.29 is 33.1 Å². The van der Waals surface area contributed by atoms with Crippen molar-refractivity contribution in [3.63, 3.8) is 0 Å². The Hall–Kier alpha value is -3.56. The molecule has 3 aromatic rings. The molecule has 0 radical (unpaired) electrons. The van der Waals surface area contributed by atoms with E-state index in [0.717, 1.165) is 16.7 Å². The summed E-state index contributed by atoms with van der Waals surface area (Å²) in [5.74, 6) is 0.383. The van der Waals surface area contributed by atoms with E-state index >= 15 is 0 Å². The van der Waals surface area contributed by atoms with E-state index in [-0.39, 0.29) is 53.5 Å². The van der Waals surface area contributed by atoms with Crippen LogP contribution in [-0.2, 0) is 11.3 Å². The van der Waals surface area contributed by atoms with Crippen molar-refractivity contribution >= 4 is 30.1 Å². The van der Waals surface area contributed by atoms with E-state index in [2.05, 4.69) is 5.32 Å². The van der Waals surface area contributed by atoms with Gasteiger partial charge in [0, 0.05) is 6.42 Å². The summed E-state index contributed by atoms with van der Waals surface area (Å²) >= 11 is 0. The first-order chi connectivity index (χ1) is 16.8. The van der Waals surface area contributed by atoms with Crippen LogP contribution < -0.4 is 20.3 Å². The van der Waals surface area contributed by atoms with Crippen molar-refractivity contribution in [2.24, 2.45) is 5.92 Å². The second kappa shape index (κ2) is 10.4. The number of carbonyl (C=O) groups is 1. The van der Waals surface area contributed by atoms with Gasteiger partial charge in [-0.3, -0.25) is 4.79 Å². The van der Waals surface area contributed by atoms with E-state index in [4.69, 9.17) is 13.9 Å². The van der Waals surface area contributed by atoms with E-state index in [1.807, 2.05) is 13.0 Å². The van der Waals surface area contributed by atoms with E-state index in [0.29, 0.717) is 11.3 Å². The predicted molar refractivity (Wildman–Crippen MR) is 131 cm³/mol. The number of ether oxygens (including phenoxy) is 2. The molecule has 0 saturated carbocycles. The zero-order chi connectivity index (χ0) is 25.1. The molecule has 1 aliphatic carbocycles. The number of benzene rings is 2. The lowest BCUT2D eigenvalue weighted by atomic mass is 9.78. The van der Waals surface area contributed by atoms with Crippen molar-refractivity contribution in [3.05, 3.63) is 77.0 Å². The molecule has 9 heteroatoms. The molecule has 2 aromatic carbocycles. The Labute approximate surface area is 203 Å². The van der Waals surface area contributed by atoms with Crippen LogP contribution in [0.25, 0.3) is 11.6 Å². The number of hydrogen-bond donors (Lipinski definition) is 3. The average molecular weight is 479 g/mol. The van der Waals surface area contributed by atoms with Crippen LogP contribution in [0.5, 0.6) is 11.5 Å². The molecule has 0 saturated heterocycles. The van der Waals surface area contributed by atoms with Crippen LogP contribution in [0.1, 0.15) is 41.7 Å². The molecule has 35 heavy (non-hydrogen) atoms. The smallest absolute Gasteiger partial charge is 0.496 e. The number of halogens is 1. The number of amides is 1. The standard InChI is InChI=1S/C26H27BFNO6/c1-15-20(9-16-10-23(33-2)26(27(31)32)24(11-16)34-3)19-7-6-17(28)12-22(19)21(15)13-25(30)29-14-18-5-4-8-35-18/h4-12,15,21,31-32H,13-14H2,1-3H3,(H,29,30)/b20-9-. The van der Waals surface area contributed by atoms with Gasteiger partial charge in [-0.15, -0.1) is 0 Å². The topological polar surface area (TPSA) is 101 Å². The number of methoxy groups -OCH3 is 2. The summed E-state index contributed by atoms with van der Waals surface area (Å²) in [7, 11) is 1.11.